The molecule has 4 aromatic rings. The molecule has 0 radical (unpaired) electrons. The summed E-state index contributed by atoms with van der Waals surface area (Å²) >= 11 is 5.05. The van der Waals surface area contributed by atoms with Crippen LogP contribution in [0.25, 0.3) is 21.5 Å². The fourth-order valence-corrected chi connectivity index (χ4v) is 4.20. The van der Waals surface area contributed by atoms with E-state index in [1.165, 1.54) is 11.5 Å². The molecular formula is C19H13BrN4O2S. The molecule has 0 aliphatic carbocycles. The van der Waals surface area contributed by atoms with Crippen LogP contribution in [0.5, 0.6) is 11.5 Å². The number of anilines is 2. The van der Waals surface area contributed by atoms with Crippen molar-refractivity contribution in [1.82, 2.24) is 14.3 Å². The van der Waals surface area contributed by atoms with Crippen molar-refractivity contribution in [2.45, 2.75) is 0 Å². The van der Waals surface area contributed by atoms with Crippen LogP contribution in [0.3, 0.4) is 0 Å². The molecule has 2 aromatic carbocycles. The quantitative estimate of drug-likeness (QED) is 0.481. The van der Waals surface area contributed by atoms with Crippen LogP contribution in [0.15, 0.2) is 53.3 Å². The van der Waals surface area contributed by atoms with Gasteiger partial charge in [-0.1, -0.05) is 18.2 Å². The first-order valence-corrected chi connectivity index (χ1v) is 9.88. The molecule has 2 aromatic heterocycles. The minimum atomic E-state index is 0.567. The lowest BCUT2D eigenvalue weighted by Crippen LogP contribution is -2.15. The molecule has 3 heterocycles. The van der Waals surface area contributed by atoms with E-state index < -0.39 is 0 Å². The highest BCUT2D eigenvalue weighted by atomic mass is 79.9. The third-order valence-electron chi connectivity index (χ3n) is 4.22. The second-order valence-corrected chi connectivity index (χ2v) is 7.44. The van der Waals surface area contributed by atoms with E-state index in [0.717, 1.165) is 43.1 Å². The normalized spacial score (nSPS) is 12.9. The lowest BCUT2D eigenvalue weighted by atomic mass is 10.0. The van der Waals surface area contributed by atoms with Crippen molar-refractivity contribution in [3.05, 3.63) is 53.3 Å². The Balaban J connectivity index is 1.53. The van der Waals surface area contributed by atoms with E-state index in [2.05, 4.69) is 41.7 Å². The van der Waals surface area contributed by atoms with Crippen molar-refractivity contribution in [2.75, 3.05) is 18.5 Å². The maximum atomic E-state index is 5.71. The lowest BCUT2D eigenvalue weighted by molar-refractivity contribution is 0.171. The number of hydrogen-bond acceptors (Lipinski definition) is 7. The fraction of sp³-hybridized carbons (Fsp3) is 0.105. The van der Waals surface area contributed by atoms with E-state index in [9.17, 15) is 0 Å². The van der Waals surface area contributed by atoms with E-state index in [1.807, 2.05) is 30.3 Å². The predicted molar refractivity (Wildman–Crippen MR) is 109 cm³/mol. The minimum absolute atomic E-state index is 0.567. The zero-order valence-electron chi connectivity index (χ0n) is 14.0. The van der Waals surface area contributed by atoms with Gasteiger partial charge in [-0.05, 0) is 56.8 Å². The van der Waals surface area contributed by atoms with Crippen molar-refractivity contribution < 1.29 is 9.47 Å². The first-order chi connectivity index (χ1) is 13.3. The summed E-state index contributed by atoms with van der Waals surface area (Å²) < 4.78 is 16.7. The number of halogens is 1. The van der Waals surface area contributed by atoms with Gasteiger partial charge < -0.3 is 14.8 Å². The maximum Gasteiger partial charge on any atom is 0.172 e. The largest absolute Gasteiger partial charge is 0.486 e. The Hall–Kier alpha value is -2.71. The highest BCUT2D eigenvalue weighted by Crippen LogP contribution is 2.40. The fourth-order valence-electron chi connectivity index (χ4n) is 2.96. The van der Waals surface area contributed by atoms with Gasteiger partial charge in [0.1, 0.15) is 18.7 Å². The smallest absolute Gasteiger partial charge is 0.172 e. The molecule has 0 saturated heterocycles. The van der Waals surface area contributed by atoms with Gasteiger partial charge in [-0.2, -0.15) is 4.37 Å². The van der Waals surface area contributed by atoms with Crippen LogP contribution in [-0.4, -0.2) is 27.6 Å². The second kappa shape index (κ2) is 6.79. The molecule has 27 heavy (non-hydrogen) atoms. The average molecular weight is 441 g/mol. The highest BCUT2D eigenvalue weighted by molar-refractivity contribution is 9.10. The van der Waals surface area contributed by atoms with Gasteiger partial charge in [0.05, 0.1) is 5.69 Å². The molecule has 0 spiro atoms. The van der Waals surface area contributed by atoms with E-state index in [0.29, 0.717) is 19.0 Å². The van der Waals surface area contributed by atoms with E-state index in [-0.39, 0.29) is 0 Å². The third-order valence-corrected chi connectivity index (χ3v) is 5.82. The number of ether oxygens (including phenoxy) is 2. The maximum absolute atomic E-state index is 5.71. The van der Waals surface area contributed by atoms with Crippen molar-refractivity contribution in [3.8, 4) is 22.6 Å². The molecule has 5 rings (SSSR count). The zero-order chi connectivity index (χ0) is 18.2. The van der Waals surface area contributed by atoms with Crippen LogP contribution in [0, 0.1) is 0 Å². The molecule has 1 aliphatic heterocycles. The Kier molecular flexibility index (Phi) is 4.14. The molecule has 0 saturated carbocycles. The number of nitrogens with one attached hydrogen (secondary N) is 1. The topological polar surface area (TPSA) is 69.2 Å². The molecule has 8 heteroatoms. The lowest BCUT2D eigenvalue weighted by Gasteiger charge is -2.19. The highest BCUT2D eigenvalue weighted by Gasteiger charge is 2.16. The van der Waals surface area contributed by atoms with Crippen LogP contribution in [0.1, 0.15) is 0 Å². The SMILES string of the molecule is Brc1c(Nc2nsc3nccnc23)cccc1-c1ccc2c(c1)OCCO2. The van der Waals surface area contributed by atoms with Crippen molar-refractivity contribution in [2.24, 2.45) is 0 Å². The monoisotopic (exact) mass is 440 g/mol. The second-order valence-electron chi connectivity index (χ2n) is 5.89. The van der Waals surface area contributed by atoms with Crippen LogP contribution in [0.2, 0.25) is 0 Å². The molecule has 1 N–H and O–H groups in total. The van der Waals surface area contributed by atoms with Gasteiger partial charge in [-0.25, -0.2) is 9.97 Å². The number of fused-ring (bicyclic) bond motifs is 2. The number of nitrogens with zero attached hydrogens (tertiary/aromatic N) is 3. The zero-order valence-corrected chi connectivity index (χ0v) is 16.4. The van der Waals surface area contributed by atoms with Gasteiger partial charge in [0, 0.05) is 16.9 Å². The number of rotatable bonds is 3. The molecule has 0 atom stereocenters. The summed E-state index contributed by atoms with van der Waals surface area (Å²) in [6.45, 7) is 1.15. The first kappa shape index (κ1) is 16.5. The molecular weight excluding hydrogens is 428 g/mol. The number of aromatic nitrogens is 3. The minimum Gasteiger partial charge on any atom is -0.486 e. The summed E-state index contributed by atoms with van der Waals surface area (Å²) in [4.78, 5) is 9.47. The average Bonchev–Trinajstić information content (AvgIpc) is 3.12. The Morgan fingerprint density at radius 2 is 1.85 bits per heavy atom. The van der Waals surface area contributed by atoms with Crippen molar-refractivity contribution in [3.63, 3.8) is 0 Å². The summed E-state index contributed by atoms with van der Waals surface area (Å²) in [5.74, 6) is 2.25. The van der Waals surface area contributed by atoms with Crippen molar-refractivity contribution in [1.29, 1.82) is 0 Å². The molecule has 6 nitrogen and oxygen atoms in total. The molecule has 1 aliphatic rings. The van der Waals surface area contributed by atoms with Crippen LogP contribution >= 0.6 is 27.5 Å². The van der Waals surface area contributed by atoms with E-state index >= 15 is 0 Å². The molecule has 0 bridgehead atoms. The van der Waals surface area contributed by atoms with E-state index in [4.69, 9.17) is 9.47 Å². The Labute approximate surface area is 167 Å². The van der Waals surface area contributed by atoms with Gasteiger partial charge in [-0.3, -0.25) is 0 Å². The summed E-state index contributed by atoms with van der Waals surface area (Å²) in [7, 11) is 0. The summed E-state index contributed by atoms with van der Waals surface area (Å²) in [6, 6.07) is 12.0. The molecule has 0 fully saturated rings. The van der Waals surface area contributed by atoms with Crippen LogP contribution in [0.4, 0.5) is 11.5 Å². The third kappa shape index (κ3) is 3.00. The Morgan fingerprint density at radius 1 is 1.00 bits per heavy atom. The standard InChI is InChI=1S/C19H13BrN4O2S/c20-16-12(11-4-5-14-15(10-11)26-9-8-25-14)2-1-3-13(16)23-18-17-19(27-24-18)22-7-6-21-17/h1-7,10H,8-9H2,(H,23,24). The van der Waals surface area contributed by atoms with Crippen molar-refractivity contribution >= 4 is 49.3 Å². The first-order valence-electron chi connectivity index (χ1n) is 8.31. The van der Waals surface area contributed by atoms with Gasteiger partial charge in [0.25, 0.3) is 0 Å². The van der Waals surface area contributed by atoms with Gasteiger partial charge in [0.15, 0.2) is 22.1 Å². The molecule has 134 valence electrons. The van der Waals surface area contributed by atoms with E-state index in [1.54, 1.807) is 12.4 Å². The van der Waals surface area contributed by atoms with Gasteiger partial charge >= 0.3 is 0 Å². The summed E-state index contributed by atoms with van der Waals surface area (Å²) in [6.07, 6.45) is 3.34. The van der Waals surface area contributed by atoms with Gasteiger partial charge in [-0.15, -0.1) is 0 Å². The Bertz CT molecular complexity index is 1150. The van der Waals surface area contributed by atoms with Crippen LogP contribution < -0.4 is 14.8 Å². The predicted octanol–water partition coefficient (Wildman–Crippen LogP) is 5.03. The summed E-state index contributed by atoms with van der Waals surface area (Å²) in [5, 5.41) is 3.36. The summed E-state index contributed by atoms with van der Waals surface area (Å²) in [5.41, 5.74) is 3.75. The molecule has 0 unspecified atom stereocenters. The molecule has 0 amide bonds. The van der Waals surface area contributed by atoms with Crippen LogP contribution in [-0.2, 0) is 0 Å². The Morgan fingerprint density at radius 3 is 2.78 bits per heavy atom. The number of hydrogen-bond donors (Lipinski definition) is 1. The van der Waals surface area contributed by atoms with Gasteiger partial charge in [0.2, 0.25) is 0 Å². The number of benzene rings is 2.